The van der Waals surface area contributed by atoms with Gasteiger partial charge in [-0.3, -0.25) is 9.38 Å². The average molecular weight is 545 g/mol. The van der Waals surface area contributed by atoms with Gasteiger partial charge in [0.25, 0.3) is 0 Å². The van der Waals surface area contributed by atoms with Gasteiger partial charge >= 0.3 is 6.09 Å². The van der Waals surface area contributed by atoms with Crippen LogP contribution in [0.5, 0.6) is 5.75 Å². The Labute approximate surface area is 239 Å². The molecule has 2 aromatic carbocycles. The molecule has 0 bridgehead atoms. The Balaban J connectivity index is 1.48. The molecule has 1 saturated carbocycles. The van der Waals surface area contributed by atoms with E-state index in [9.17, 15) is 4.79 Å². The highest BCUT2D eigenvalue weighted by atomic mass is 16.6. The molecule has 7 nitrogen and oxygen atoms in total. The minimum Gasteiger partial charge on any atom is -0.495 e. The summed E-state index contributed by atoms with van der Waals surface area (Å²) in [6, 6.07) is 22.8. The van der Waals surface area contributed by atoms with Crippen molar-refractivity contribution in [3.05, 3.63) is 109 Å². The maximum Gasteiger partial charge on any atom is 0.412 e. The molecule has 0 radical (unpaired) electrons. The number of fused-ring (bicyclic) bond motifs is 1. The van der Waals surface area contributed by atoms with Crippen LogP contribution >= 0.6 is 0 Å². The van der Waals surface area contributed by atoms with E-state index in [0.29, 0.717) is 11.5 Å². The first-order chi connectivity index (χ1) is 19.9. The van der Waals surface area contributed by atoms with Gasteiger partial charge in [0.1, 0.15) is 11.4 Å². The lowest BCUT2D eigenvalue weighted by Crippen LogP contribution is -2.50. The van der Waals surface area contributed by atoms with Crippen molar-refractivity contribution in [3.8, 4) is 39.4 Å². The topological polar surface area (TPSA) is 77.8 Å². The second kappa shape index (κ2) is 10.6. The minimum absolute atomic E-state index is 0.368. The number of hydrogen-bond donors (Lipinski definition) is 1. The Kier molecular flexibility index (Phi) is 6.79. The molecule has 5 aromatic rings. The second-order valence-corrected chi connectivity index (χ2v) is 10.6. The molecule has 7 heteroatoms. The molecule has 1 aliphatic rings. The van der Waals surface area contributed by atoms with E-state index < -0.39 is 11.6 Å². The van der Waals surface area contributed by atoms with Gasteiger partial charge < -0.3 is 14.8 Å². The number of nitrogens with zero attached hydrogens (tertiary/aromatic N) is 3. The van der Waals surface area contributed by atoms with Crippen LogP contribution in [0.2, 0.25) is 0 Å². The van der Waals surface area contributed by atoms with Crippen LogP contribution in [0.3, 0.4) is 0 Å². The number of imidazole rings is 1. The summed E-state index contributed by atoms with van der Waals surface area (Å²) in [6.07, 6.45) is 7.96. The normalized spacial score (nSPS) is 13.8. The first kappa shape index (κ1) is 26.3. The van der Waals surface area contributed by atoms with Crippen LogP contribution < -0.4 is 10.1 Å². The summed E-state index contributed by atoms with van der Waals surface area (Å²) in [5, 5.41) is 3.08. The molecule has 0 atom stereocenters. The van der Waals surface area contributed by atoms with Crippen molar-refractivity contribution in [2.45, 2.75) is 38.6 Å². The van der Waals surface area contributed by atoms with Crippen LogP contribution in [0.15, 0.2) is 97.7 Å². The molecule has 0 aliphatic heterocycles. The monoisotopic (exact) mass is 544 g/mol. The fraction of sp³-hybridized carbons (Fsp3) is 0.206. The van der Waals surface area contributed by atoms with Crippen molar-refractivity contribution in [2.24, 2.45) is 0 Å². The van der Waals surface area contributed by atoms with Crippen molar-refractivity contribution in [2.75, 3.05) is 7.11 Å². The molecule has 1 aliphatic carbocycles. The van der Waals surface area contributed by atoms with Gasteiger partial charge in [-0.25, -0.2) is 9.78 Å². The van der Waals surface area contributed by atoms with Crippen molar-refractivity contribution in [1.29, 1.82) is 0 Å². The first-order valence-corrected chi connectivity index (χ1v) is 13.7. The van der Waals surface area contributed by atoms with Crippen molar-refractivity contribution >= 4 is 11.7 Å². The van der Waals surface area contributed by atoms with E-state index >= 15 is 0 Å². The number of rotatable bonds is 7. The van der Waals surface area contributed by atoms with Crippen molar-refractivity contribution in [3.63, 3.8) is 0 Å². The number of hydrogen-bond acceptors (Lipinski definition) is 5. The minimum atomic E-state index is -0.470. The molecule has 1 amide bonds. The van der Waals surface area contributed by atoms with Crippen LogP contribution in [-0.2, 0) is 10.3 Å². The number of nitrogens with one attached hydrogen (secondary N) is 1. The maximum atomic E-state index is 12.4. The smallest absolute Gasteiger partial charge is 0.412 e. The summed E-state index contributed by atoms with van der Waals surface area (Å²) in [4.78, 5) is 22.0. The van der Waals surface area contributed by atoms with Gasteiger partial charge in [0, 0.05) is 34.6 Å². The zero-order chi connectivity index (χ0) is 28.6. The van der Waals surface area contributed by atoms with Crippen LogP contribution in [0.1, 0.15) is 37.3 Å². The van der Waals surface area contributed by atoms with Gasteiger partial charge in [0.2, 0.25) is 0 Å². The zero-order valence-electron chi connectivity index (χ0n) is 23.5. The van der Waals surface area contributed by atoms with E-state index in [2.05, 4.69) is 76.9 Å². The summed E-state index contributed by atoms with van der Waals surface area (Å²) in [6.45, 7) is 7.43. The van der Waals surface area contributed by atoms with Crippen LogP contribution in [0.25, 0.3) is 39.3 Å². The highest BCUT2D eigenvalue weighted by Crippen LogP contribution is 2.43. The van der Waals surface area contributed by atoms with Crippen molar-refractivity contribution in [1.82, 2.24) is 19.7 Å². The Bertz CT molecular complexity index is 1750. The first-order valence-electron chi connectivity index (χ1n) is 13.7. The molecule has 41 heavy (non-hydrogen) atoms. The van der Waals surface area contributed by atoms with E-state index in [1.54, 1.807) is 20.2 Å². The Morgan fingerprint density at radius 1 is 1.00 bits per heavy atom. The Morgan fingerprint density at radius 2 is 1.76 bits per heavy atom. The molecule has 3 heterocycles. The van der Waals surface area contributed by atoms with Crippen molar-refractivity contribution < 1.29 is 14.3 Å². The maximum absolute atomic E-state index is 12.4. The van der Waals surface area contributed by atoms with Crippen LogP contribution in [0.4, 0.5) is 4.79 Å². The summed E-state index contributed by atoms with van der Waals surface area (Å²) < 4.78 is 12.8. The quantitative estimate of drug-likeness (QED) is 0.213. The van der Waals surface area contributed by atoms with Gasteiger partial charge in [-0.2, -0.15) is 0 Å². The summed E-state index contributed by atoms with van der Waals surface area (Å²) in [7, 11) is 1.64. The molecular weight excluding hydrogens is 512 g/mol. The fourth-order valence-corrected chi connectivity index (χ4v) is 5.59. The zero-order valence-corrected chi connectivity index (χ0v) is 23.5. The van der Waals surface area contributed by atoms with Gasteiger partial charge in [-0.05, 0) is 56.4 Å². The van der Waals surface area contributed by atoms with E-state index in [1.807, 2.05) is 30.5 Å². The number of methoxy groups -OCH3 is 1. The molecule has 3 aromatic heterocycles. The number of amides is 1. The highest BCUT2D eigenvalue weighted by Gasteiger charge is 2.40. The second-order valence-electron chi connectivity index (χ2n) is 10.6. The third-order valence-corrected chi connectivity index (χ3v) is 7.69. The predicted octanol–water partition coefficient (Wildman–Crippen LogP) is 7.69. The van der Waals surface area contributed by atoms with E-state index in [0.717, 1.165) is 69.7 Å². The predicted molar refractivity (Wildman–Crippen MR) is 161 cm³/mol. The lowest BCUT2D eigenvalue weighted by molar-refractivity contribution is 0.132. The lowest BCUT2D eigenvalue weighted by Gasteiger charge is -2.42. The van der Waals surface area contributed by atoms with Crippen LogP contribution in [0, 0.1) is 6.92 Å². The fourth-order valence-electron chi connectivity index (χ4n) is 5.59. The van der Waals surface area contributed by atoms with E-state index in [1.165, 1.54) is 0 Å². The van der Waals surface area contributed by atoms with Gasteiger partial charge in [0.15, 0.2) is 0 Å². The van der Waals surface area contributed by atoms with Gasteiger partial charge in [-0.1, -0.05) is 61.2 Å². The summed E-state index contributed by atoms with van der Waals surface area (Å²) in [5.74, 6) is 1.06. The number of benzene rings is 2. The van der Waals surface area contributed by atoms with E-state index in [-0.39, 0.29) is 0 Å². The molecule has 1 N–H and O–H groups in total. The molecule has 6 rings (SSSR count). The number of pyridine rings is 2. The van der Waals surface area contributed by atoms with E-state index in [4.69, 9.17) is 14.5 Å². The third kappa shape index (κ3) is 4.95. The SMILES string of the molecule is C=C(C)OC(=O)NC1(c2ccc(-c3nc4c(-c5cncc(OC)c5)cc(C)cn4c3-c3ccccc3)cc2)CCC1. The number of aromatic nitrogens is 3. The van der Waals surface area contributed by atoms with Gasteiger partial charge in [0.05, 0.1) is 36.0 Å². The highest BCUT2D eigenvalue weighted by molar-refractivity contribution is 5.88. The molecular formula is C34H32N4O3. The molecule has 0 saturated heterocycles. The Morgan fingerprint density at radius 3 is 2.41 bits per heavy atom. The summed E-state index contributed by atoms with van der Waals surface area (Å²) in [5.41, 5.74) is 8.41. The largest absolute Gasteiger partial charge is 0.495 e. The van der Waals surface area contributed by atoms with Gasteiger partial charge in [-0.15, -0.1) is 0 Å². The molecule has 206 valence electrons. The standard InChI is InChI=1S/C34H32N4O3/c1-22(2)41-33(39)37-34(15-8-16-34)27-13-11-24(12-14-27)30-31(25-9-6-5-7-10-25)38-21-23(3)17-29(32(38)36-30)26-18-28(40-4)20-35-19-26/h5-7,9-14,17-21H,1,8,15-16H2,2-4H3,(H,37,39). The number of aryl methyl sites for hydroxylation is 1. The number of carbonyl (C=O) groups is 1. The number of allylic oxidation sites excluding steroid dienone is 1. The number of alkyl carbamates (subject to hydrolysis) is 1. The molecule has 0 unspecified atom stereocenters. The third-order valence-electron chi connectivity index (χ3n) is 7.69. The van der Waals surface area contributed by atoms with Crippen LogP contribution in [-0.4, -0.2) is 27.6 Å². The summed E-state index contributed by atoms with van der Waals surface area (Å²) >= 11 is 0. The average Bonchev–Trinajstić information content (AvgIpc) is 3.34. The number of ether oxygens (including phenoxy) is 2. The Hall–Kier alpha value is -4.91. The number of carbonyl (C=O) groups excluding carboxylic acids is 1. The molecule has 0 spiro atoms. The lowest BCUT2D eigenvalue weighted by atomic mass is 9.71. The molecule has 1 fully saturated rings.